The average molecular weight is 511 g/mol. The van der Waals surface area contributed by atoms with Gasteiger partial charge in [0, 0.05) is 4.88 Å². The third-order valence-electron chi connectivity index (χ3n) is 6.80. The maximum absolute atomic E-state index is 12.7. The molecule has 0 unspecified atom stereocenters. The molecule has 1 aromatic carbocycles. The van der Waals surface area contributed by atoms with E-state index in [0.717, 1.165) is 31.2 Å². The van der Waals surface area contributed by atoms with Crippen molar-refractivity contribution < 1.29 is 13.9 Å². The Morgan fingerprint density at radius 2 is 2.14 bits per heavy atom. The minimum Gasteiger partial charge on any atom is -0.493 e. The number of thioether (sulfide) groups is 1. The Morgan fingerprint density at radius 1 is 1.34 bits per heavy atom. The van der Waals surface area contributed by atoms with Crippen LogP contribution in [0.4, 0.5) is 5.00 Å². The lowest BCUT2D eigenvalue weighted by Crippen LogP contribution is -2.28. The summed E-state index contributed by atoms with van der Waals surface area (Å²) in [5, 5.41) is 21.8. The SMILES string of the molecule is CCOc1ccccc1-c1nnc(SCC(=O)Nc2sc3c(c2C#N)CC[C@H](C(C)(C)CC)C3)o1. The summed E-state index contributed by atoms with van der Waals surface area (Å²) < 4.78 is 11.4. The van der Waals surface area contributed by atoms with Gasteiger partial charge in [-0.2, -0.15) is 5.26 Å². The van der Waals surface area contributed by atoms with Crippen LogP contribution in [0.1, 0.15) is 56.5 Å². The summed E-state index contributed by atoms with van der Waals surface area (Å²) >= 11 is 2.71. The van der Waals surface area contributed by atoms with Gasteiger partial charge in [-0.3, -0.25) is 4.79 Å². The smallest absolute Gasteiger partial charge is 0.277 e. The van der Waals surface area contributed by atoms with Gasteiger partial charge in [-0.05, 0) is 55.2 Å². The van der Waals surface area contributed by atoms with E-state index in [1.54, 1.807) is 11.3 Å². The van der Waals surface area contributed by atoms with Gasteiger partial charge >= 0.3 is 0 Å². The quantitative estimate of drug-likeness (QED) is 0.335. The van der Waals surface area contributed by atoms with Gasteiger partial charge in [0.2, 0.25) is 5.91 Å². The number of thiophene rings is 1. The first-order valence-electron chi connectivity index (χ1n) is 11.9. The number of hydrogen-bond acceptors (Lipinski definition) is 8. The topological polar surface area (TPSA) is 101 Å². The number of carbonyl (C=O) groups is 1. The number of aromatic nitrogens is 2. The summed E-state index contributed by atoms with van der Waals surface area (Å²) in [6.07, 6.45) is 4.06. The number of nitriles is 1. The van der Waals surface area contributed by atoms with Crippen LogP contribution in [-0.4, -0.2) is 28.5 Å². The molecule has 0 aliphatic heterocycles. The van der Waals surface area contributed by atoms with E-state index in [1.807, 2.05) is 31.2 Å². The van der Waals surface area contributed by atoms with Gasteiger partial charge in [0.15, 0.2) is 0 Å². The van der Waals surface area contributed by atoms with Gasteiger partial charge in [0.25, 0.3) is 11.1 Å². The number of anilines is 1. The molecule has 0 saturated carbocycles. The molecule has 1 amide bonds. The van der Waals surface area contributed by atoms with Crippen LogP contribution in [-0.2, 0) is 17.6 Å². The van der Waals surface area contributed by atoms with Crippen LogP contribution >= 0.6 is 23.1 Å². The Bertz CT molecular complexity index is 1240. The number of rotatable bonds is 9. The van der Waals surface area contributed by atoms with E-state index >= 15 is 0 Å². The third-order valence-corrected chi connectivity index (χ3v) is 8.79. The molecule has 1 atom stereocenters. The first kappa shape index (κ1) is 25.3. The fraction of sp³-hybridized carbons (Fsp3) is 0.462. The number of nitrogens with zero attached hydrogens (tertiary/aromatic N) is 3. The Labute approximate surface area is 214 Å². The Balaban J connectivity index is 1.40. The van der Waals surface area contributed by atoms with Crippen molar-refractivity contribution in [1.29, 1.82) is 5.26 Å². The van der Waals surface area contributed by atoms with Crippen molar-refractivity contribution in [3.63, 3.8) is 0 Å². The van der Waals surface area contributed by atoms with Crippen LogP contribution in [0.3, 0.4) is 0 Å². The first-order valence-corrected chi connectivity index (χ1v) is 13.7. The monoisotopic (exact) mass is 510 g/mol. The second kappa shape index (κ2) is 10.8. The number of ether oxygens (including phenoxy) is 1. The molecule has 184 valence electrons. The van der Waals surface area contributed by atoms with E-state index in [4.69, 9.17) is 9.15 Å². The number of amides is 1. The molecular weight excluding hydrogens is 480 g/mol. The highest BCUT2D eigenvalue weighted by molar-refractivity contribution is 7.99. The van der Waals surface area contributed by atoms with E-state index in [9.17, 15) is 10.1 Å². The summed E-state index contributed by atoms with van der Waals surface area (Å²) in [5.41, 5.74) is 2.70. The highest BCUT2D eigenvalue weighted by atomic mass is 32.2. The largest absolute Gasteiger partial charge is 0.493 e. The zero-order valence-corrected chi connectivity index (χ0v) is 22.1. The molecule has 2 heterocycles. The van der Waals surface area contributed by atoms with Crippen molar-refractivity contribution >= 4 is 34.0 Å². The van der Waals surface area contributed by atoms with Crippen LogP contribution in [0, 0.1) is 22.7 Å². The average Bonchev–Trinajstić information content (AvgIpc) is 3.47. The molecule has 1 N–H and O–H groups in total. The lowest BCUT2D eigenvalue weighted by atomic mass is 9.69. The predicted molar refractivity (Wildman–Crippen MR) is 139 cm³/mol. The number of benzene rings is 1. The normalized spacial score (nSPS) is 15.3. The van der Waals surface area contributed by atoms with Gasteiger partial charge in [-0.15, -0.1) is 21.5 Å². The van der Waals surface area contributed by atoms with Crippen LogP contribution in [0.15, 0.2) is 33.9 Å². The van der Waals surface area contributed by atoms with Crippen LogP contribution < -0.4 is 10.1 Å². The van der Waals surface area contributed by atoms with Crippen LogP contribution in [0.2, 0.25) is 0 Å². The molecule has 4 rings (SSSR count). The molecule has 1 aliphatic carbocycles. The molecule has 0 radical (unpaired) electrons. The maximum atomic E-state index is 12.7. The highest BCUT2D eigenvalue weighted by Crippen LogP contribution is 2.45. The Hall–Kier alpha value is -2.83. The standard InChI is InChI=1S/C26H30N4O3S2/c1-5-26(3,4)16-11-12-17-19(14-27)24(35-21(17)13-16)28-22(31)15-34-25-30-29-23(33-25)18-9-7-8-10-20(18)32-6-2/h7-10,16H,5-6,11-13,15H2,1-4H3,(H,28,31)/t16-/m0/s1. The molecule has 0 saturated heterocycles. The summed E-state index contributed by atoms with van der Waals surface area (Å²) in [7, 11) is 0. The highest BCUT2D eigenvalue weighted by Gasteiger charge is 2.34. The molecule has 9 heteroatoms. The molecule has 0 fully saturated rings. The summed E-state index contributed by atoms with van der Waals surface area (Å²) in [6.45, 7) is 9.31. The van der Waals surface area contributed by atoms with Crippen LogP contribution in [0.5, 0.6) is 5.75 Å². The van der Waals surface area contributed by atoms with E-state index in [-0.39, 0.29) is 17.1 Å². The van der Waals surface area contributed by atoms with Gasteiger partial charge in [0.1, 0.15) is 16.8 Å². The van der Waals surface area contributed by atoms with Crippen LogP contribution in [0.25, 0.3) is 11.5 Å². The minimum absolute atomic E-state index is 0.105. The molecule has 3 aromatic rings. The second-order valence-corrected chi connectivity index (χ2v) is 11.3. The van der Waals surface area contributed by atoms with Gasteiger partial charge < -0.3 is 14.5 Å². The Kier molecular flexibility index (Phi) is 7.82. The van der Waals surface area contributed by atoms with E-state index < -0.39 is 0 Å². The van der Waals surface area contributed by atoms with Crippen molar-refractivity contribution in [1.82, 2.24) is 10.2 Å². The fourth-order valence-corrected chi connectivity index (χ4v) is 6.20. The van der Waals surface area contributed by atoms with Crippen molar-refractivity contribution in [2.45, 2.75) is 58.6 Å². The first-order chi connectivity index (χ1) is 16.9. The van der Waals surface area contributed by atoms with Gasteiger partial charge in [-0.1, -0.05) is 51.1 Å². The number of nitrogens with one attached hydrogen (secondary N) is 1. The van der Waals surface area contributed by atoms with Crippen molar-refractivity contribution in [3.05, 3.63) is 40.3 Å². The number of carbonyl (C=O) groups excluding carboxylic acids is 1. The Morgan fingerprint density at radius 3 is 2.89 bits per heavy atom. The predicted octanol–water partition coefficient (Wildman–Crippen LogP) is 6.34. The van der Waals surface area contributed by atoms with Crippen molar-refractivity contribution in [3.8, 4) is 23.3 Å². The zero-order valence-electron chi connectivity index (χ0n) is 20.5. The second-order valence-electron chi connectivity index (χ2n) is 9.24. The molecule has 7 nitrogen and oxygen atoms in total. The fourth-order valence-electron chi connectivity index (χ4n) is 4.34. The van der Waals surface area contributed by atoms with Crippen molar-refractivity contribution in [2.24, 2.45) is 11.3 Å². The molecular formula is C26H30N4O3S2. The maximum Gasteiger partial charge on any atom is 0.277 e. The minimum atomic E-state index is -0.204. The van der Waals surface area contributed by atoms with Gasteiger partial charge in [-0.25, -0.2) is 0 Å². The molecule has 2 aromatic heterocycles. The summed E-state index contributed by atoms with van der Waals surface area (Å²) in [6, 6.07) is 9.79. The number of fused-ring (bicyclic) bond motifs is 1. The summed E-state index contributed by atoms with van der Waals surface area (Å²) in [4.78, 5) is 13.9. The zero-order chi connectivity index (χ0) is 25.0. The van der Waals surface area contributed by atoms with Crippen molar-refractivity contribution in [2.75, 3.05) is 17.7 Å². The third kappa shape index (κ3) is 5.54. The lowest BCUT2D eigenvalue weighted by molar-refractivity contribution is -0.113. The van der Waals surface area contributed by atoms with E-state index in [1.165, 1.54) is 16.6 Å². The molecule has 0 bridgehead atoms. The van der Waals surface area contributed by atoms with Gasteiger partial charge in [0.05, 0.1) is 23.5 Å². The summed E-state index contributed by atoms with van der Waals surface area (Å²) in [5.74, 6) is 1.50. The lowest BCUT2D eigenvalue weighted by Gasteiger charge is -2.36. The molecule has 0 spiro atoms. The van der Waals surface area contributed by atoms with E-state index in [0.29, 0.717) is 45.5 Å². The number of hydrogen-bond donors (Lipinski definition) is 1. The molecule has 35 heavy (non-hydrogen) atoms. The molecule has 1 aliphatic rings. The number of para-hydroxylation sites is 1. The van der Waals surface area contributed by atoms with E-state index in [2.05, 4.69) is 42.4 Å².